The van der Waals surface area contributed by atoms with Crippen LogP contribution in [0.3, 0.4) is 0 Å². The number of hydrogen-bond donors (Lipinski definition) is 1. The third kappa shape index (κ3) is 5.75. The molecule has 1 heterocycles. The Kier molecular flexibility index (Phi) is 9.67. The summed E-state index contributed by atoms with van der Waals surface area (Å²) in [6, 6.07) is 11.5. The van der Waals surface area contributed by atoms with Gasteiger partial charge in [-0.1, -0.05) is 37.3 Å². The van der Waals surface area contributed by atoms with Gasteiger partial charge in [-0.15, -0.1) is 11.3 Å². The molecule has 1 aliphatic carbocycles. The zero-order valence-corrected chi connectivity index (χ0v) is 19.8. The largest absolute Gasteiger partial charge is 0.477 e. The number of thiophene rings is 1. The minimum atomic E-state index is -0.979. The standard InChI is InChI=1S/C22H27NO3S.CH3.V/c1-14(2)23(21(24)17-11-9-15(3)10-12-17)18-13-19(27-20(18)22(25)26)16-7-5-4-6-8-16;;/h4-8,13-15,17H,9-12H2,1-3H3,(H,25,26);1H3;/q;-1;. The first-order valence-corrected chi connectivity index (χ1v) is 10.5. The Morgan fingerprint density at radius 1 is 1.10 bits per heavy atom. The molecule has 0 unspecified atom stereocenters. The third-order valence-corrected chi connectivity index (χ3v) is 6.50. The second-order valence-corrected chi connectivity index (χ2v) is 8.81. The van der Waals surface area contributed by atoms with Crippen molar-refractivity contribution in [3.8, 4) is 10.4 Å². The second-order valence-electron chi connectivity index (χ2n) is 7.75. The summed E-state index contributed by atoms with van der Waals surface area (Å²) in [4.78, 5) is 28.0. The molecule has 1 radical (unpaired) electrons. The Bertz CT molecular complexity index is 811. The van der Waals surface area contributed by atoms with Crippen LogP contribution in [-0.4, -0.2) is 23.0 Å². The Morgan fingerprint density at radius 2 is 1.69 bits per heavy atom. The zero-order chi connectivity index (χ0) is 19.6. The summed E-state index contributed by atoms with van der Waals surface area (Å²) in [5.41, 5.74) is 1.50. The van der Waals surface area contributed by atoms with Crippen LogP contribution in [0.4, 0.5) is 5.69 Å². The van der Waals surface area contributed by atoms with Crippen LogP contribution in [0.1, 0.15) is 56.1 Å². The Labute approximate surface area is 190 Å². The van der Waals surface area contributed by atoms with E-state index in [0.29, 0.717) is 11.6 Å². The number of carboxylic acids is 1. The predicted octanol–water partition coefficient (Wildman–Crippen LogP) is 6.13. The predicted molar refractivity (Wildman–Crippen MR) is 117 cm³/mol. The quantitative estimate of drug-likeness (QED) is 0.557. The van der Waals surface area contributed by atoms with Crippen molar-refractivity contribution < 1.29 is 33.3 Å². The van der Waals surface area contributed by atoms with E-state index in [1.807, 2.05) is 50.2 Å². The first-order chi connectivity index (χ1) is 12.9. The molecule has 0 spiro atoms. The second kappa shape index (κ2) is 11.0. The van der Waals surface area contributed by atoms with Crippen molar-refractivity contribution in [2.75, 3.05) is 4.90 Å². The van der Waals surface area contributed by atoms with Gasteiger partial charge in [0.25, 0.3) is 0 Å². The molecule has 4 nitrogen and oxygen atoms in total. The maximum absolute atomic E-state index is 13.3. The number of rotatable bonds is 5. The van der Waals surface area contributed by atoms with E-state index in [9.17, 15) is 14.7 Å². The molecule has 1 saturated carbocycles. The molecular weight excluding hydrogens is 421 g/mol. The van der Waals surface area contributed by atoms with Crippen LogP contribution < -0.4 is 4.90 Å². The molecule has 1 aromatic carbocycles. The monoisotopic (exact) mass is 451 g/mol. The number of aromatic carboxylic acids is 1. The molecule has 1 N–H and O–H groups in total. The van der Waals surface area contributed by atoms with Crippen molar-refractivity contribution in [1.29, 1.82) is 0 Å². The molecule has 1 amide bonds. The van der Waals surface area contributed by atoms with Gasteiger partial charge in [-0.25, -0.2) is 4.79 Å². The number of carbonyl (C=O) groups is 2. The number of carbonyl (C=O) groups excluding carboxylic acids is 1. The number of nitrogens with zero attached hydrogens (tertiary/aromatic N) is 1. The summed E-state index contributed by atoms with van der Waals surface area (Å²) in [5, 5.41) is 9.76. The number of anilines is 1. The topological polar surface area (TPSA) is 57.6 Å². The first-order valence-electron chi connectivity index (χ1n) is 9.64. The maximum atomic E-state index is 13.3. The van der Waals surface area contributed by atoms with Crippen LogP contribution >= 0.6 is 11.3 Å². The fraction of sp³-hybridized carbons (Fsp3) is 0.435. The van der Waals surface area contributed by atoms with Gasteiger partial charge >= 0.3 is 5.97 Å². The van der Waals surface area contributed by atoms with Gasteiger partial charge in [0.05, 0.1) is 5.69 Å². The average molecular weight is 452 g/mol. The fourth-order valence-corrected chi connectivity index (χ4v) is 4.81. The Balaban J connectivity index is 0.00000210. The average Bonchev–Trinajstić information content (AvgIpc) is 3.08. The van der Waals surface area contributed by atoms with Crippen molar-refractivity contribution in [1.82, 2.24) is 0 Å². The summed E-state index contributed by atoms with van der Waals surface area (Å²) in [6.07, 6.45) is 3.91. The fourth-order valence-electron chi connectivity index (χ4n) is 3.81. The van der Waals surface area contributed by atoms with Crippen molar-refractivity contribution in [2.45, 2.75) is 52.5 Å². The molecule has 157 valence electrons. The van der Waals surface area contributed by atoms with E-state index in [0.717, 1.165) is 36.1 Å². The van der Waals surface area contributed by atoms with Crippen molar-refractivity contribution in [3.63, 3.8) is 0 Å². The van der Waals surface area contributed by atoms with Crippen molar-refractivity contribution in [2.24, 2.45) is 11.8 Å². The summed E-state index contributed by atoms with van der Waals surface area (Å²) in [5.74, 6) is -0.253. The van der Waals surface area contributed by atoms with E-state index < -0.39 is 5.97 Å². The molecule has 1 aromatic heterocycles. The smallest absolute Gasteiger partial charge is 0.348 e. The molecule has 1 aliphatic rings. The van der Waals surface area contributed by atoms with Gasteiger partial charge in [-0.3, -0.25) is 4.79 Å². The number of hydrogen-bond acceptors (Lipinski definition) is 3. The van der Waals surface area contributed by atoms with E-state index in [4.69, 9.17) is 0 Å². The summed E-state index contributed by atoms with van der Waals surface area (Å²) >= 11 is 1.24. The van der Waals surface area contributed by atoms with E-state index in [2.05, 4.69) is 6.92 Å². The Hall–Kier alpha value is -1.56. The van der Waals surface area contributed by atoms with Gasteiger partial charge in [-0.05, 0) is 57.1 Å². The van der Waals surface area contributed by atoms with Crippen molar-refractivity contribution >= 4 is 28.9 Å². The summed E-state index contributed by atoms with van der Waals surface area (Å²) in [6.45, 7) is 6.14. The normalized spacial score (nSPS) is 18.5. The van der Waals surface area contributed by atoms with E-state index in [-0.39, 0.29) is 48.7 Å². The molecule has 0 aliphatic heterocycles. The Morgan fingerprint density at radius 3 is 2.21 bits per heavy atom. The summed E-state index contributed by atoms with van der Waals surface area (Å²) in [7, 11) is 0. The van der Waals surface area contributed by atoms with Crippen LogP contribution in [-0.2, 0) is 23.4 Å². The van der Waals surface area contributed by atoms with Gasteiger partial charge in [0.15, 0.2) is 0 Å². The first kappa shape index (κ1) is 25.5. The van der Waals surface area contributed by atoms with E-state index in [1.165, 1.54) is 11.3 Å². The SMILES string of the molecule is CC1CCC(C(=O)N(c2cc(-c3ccccc3)sc2C(=O)O)C(C)C)CC1.[CH3-].[V]. The molecule has 3 rings (SSSR count). The molecule has 1 fully saturated rings. The zero-order valence-electron chi connectivity index (χ0n) is 17.6. The molecule has 0 atom stereocenters. The van der Waals surface area contributed by atoms with Crippen LogP contribution in [0, 0.1) is 19.3 Å². The van der Waals surface area contributed by atoms with Crippen LogP contribution in [0.5, 0.6) is 0 Å². The van der Waals surface area contributed by atoms with E-state index >= 15 is 0 Å². The van der Waals surface area contributed by atoms with Gasteiger partial charge < -0.3 is 17.4 Å². The minimum Gasteiger partial charge on any atom is -0.477 e. The van der Waals surface area contributed by atoms with Crippen LogP contribution in [0.2, 0.25) is 0 Å². The van der Waals surface area contributed by atoms with Gasteiger partial charge in [-0.2, -0.15) is 0 Å². The van der Waals surface area contributed by atoms with Crippen LogP contribution in [0.25, 0.3) is 10.4 Å². The summed E-state index contributed by atoms with van der Waals surface area (Å²) < 4.78 is 0. The minimum absolute atomic E-state index is 0. The van der Waals surface area contributed by atoms with Crippen LogP contribution in [0.15, 0.2) is 36.4 Å². The van der Waals surface area contributed by atoms with Crippen molar-refractivity contribution in [3.05, 3.63) is 48.7 Å². The third-order valence-electron chi connectivity index (χ3n) is 5.34. The number of benzene rings is 1. The maximum Gasteiger partial charge on any atom is 0.348 e. The molecule has 6 heteroatoms. The number of amides is 1. The van der Waals surface area contributed by atoms with Gasteiger partial charge in [0.2, 0.25) is 5.91 Å². The molecule has 29 heavy (non-hydrogen) atoms. The molecular formula is C23H30NO3SV-. The van der Waals surface area contributed by atoms with Gasteiger partial charge in [0, 0.05) is 35.4 Å². The molecule has 2 aromatic rings. The molecule has 0 saturated heterocycles. The van der Waals surface area contributed by atoms with E-state index in [1.54, 1.807) is 4.90 Å². The van der Waals surface area contributed by atoms with Gasteiger partial charge in [0.1, 0.15) is 4.88 Å². The molecule has 0 bridgehead atoms. The number of carboxylic acid groups (broad SMARTS) is 1.